The second kappa shape index (κ2) is 8.82. The van der Waals surface area contributed by atoms with E-state index in [1.54, 1.807) is 0 Å². The van der Waals surface area contributed by atoms with E-state index in [1.807, 2.05) is 54.6 Å². The Morgan fingerprint density at radius 1 is 0.967 bits per heavy atom. The number of para-hydroxylation sites is 3. The number of nitrogens with zero attached hydrogens (tertiary/aromatic N) is 1. The van der Waals surface area contributed by atoms with Gasteiger partial charge in [-0.3, -0.25) is 4.90 Å². The fraction of sp³-hybridized carbons (Fsp3) is 0.458. The van der Waals surface area contributed by atoms with Gasteiger partial charge in [0.2, 0.25) is 0 Å². The lowest BCUT2D eigenvalue weighted by atomic mass is 9.90. The first-order valence-electron chi connectivity index (χ1n) is 11.0. The van der Waals surface area contributed by atoms with Crippen LogP contribution in [-0.2, 0) is 0 Å². The summed E-state index contributed by atoms with van der Waals surface area (Å²) in [7, 11) is 0. The lowest BCUT2D eigenvalue weighted by molar-refractivity contribution is 0.0211. The van der Waals surface area contributed by atoms with Crippen molar-refractivity contribution < 1.29 is 9.47 Å². The Bertz CT molecular complexity index is 864. The van der Waals surface area contributed by atoms with E-state index < -0.39 is 0 Å². The number of ether oxygens (including phenoxy) is 2. The molecule has 5 rings (SSSR count). The third kappa shape index (κ3) is 4.40. The molecule has 3 atom stereocenters. The van der Waals surface area contributed by atoms with Gasteiger partial charge in [-0.2, -0.15) is 0 Å². The highest BCUT2D eigenvalue weighted by Crippen LogP contribution is 2.39. The summed E-state index contributed by atoms with van der Waals surface area (Å²) < 4.78 is 12.1. The molecule has 3 aliphatic rings. The molecule has 2 saturated heterocycles. The zero-order valence-corrected chi connectivity index (χ0v) is 17.9. The normalized spacial score (nSPS) is 27.5. The van der Waals surface area contributed by atoms with Gasteiger partial charge in [0.25, 0.3) is 0 Å². The highest BCUT2D eigenvalue weighted by molar-refractivity contribution is 7.80. The predicted octanol–water partition coefficient (Wildman–Crippen LogP) is 4.06. The van der Waals surface area contributed by atoms with Gasteiger partial charge in [0.05, 0.1) is 0 Å². The van der Waals surface area contributed by atoms with Crippen molar-refractivity contribution in [2.45, 2.75) is 43.9 Å². The molecule has 0 saturated carbocycles. The third-order valence-electron chi connectivity index (χ3n) is 6.55. The standard InChI is InChI=1S/C24H29N3O2S/c30-24(26-18-6-2-1-3-7-18)25-14-17-12-19-10-11-20(13-17)27(19)15-21-16-28-22-8-4-5-9-23(22)29-21/h1-9,17,19-21H,10-16H2,(H2,25,26,30). The van der Waals surface area contributed by atoms with Gasteiger partial charge in [-0.25, -0.2) is 0 Å². The van der Waals surface area contributed by atoms with E-state index in [-0.39, 0.29) is 6.10 Å². The molecule has 3 unspecified atom stereocenters. The summed E-state index contributed by atoms with van der Waals surface area (Å²) in [5.41, 5.74) is 1.03. The molecule has 2 N–H and O–H groups in total. The summed E-state index contributed by atoms with van der Waals surface area (Å²) >= 11 is 5.48. The average molecular weight is 424 g/mol. The van der Waals surface area contributed by atoms with Crippen molar-refractivity contribution in [3.8, 4) is 11.5 Å². The minimum Gasteiger partial charge on any atom is -0.486 e. The minimum atomic E-state index is 0.111. The number of piperidine rings is 1. The van der Waals surface area contributed by atoms with Gasteiger partial charge in [0.15, 0.2) is 16.6 Å². The zero-order chi connectivity index (χ0) is 20.3. The maximum Gasteiger partial charge on any atom is 0.170 e. The molecule has 2 bridgehead atoms. The summed E-state index contributed by atoms with van der Waals surface area (Å²) in [5.74, 6) is 2.40. The highest BCUT2D eigenvalue weighted by Gasteiger charge is 2.42. The van der Waals surface area contributed by atoms with Gasteiger partial charge < -0.3 is 20.1 Å². The van der Waals surface area contributed by atoms with Gasteiger partial charge in [-0.05, 0) is 68.1 Å². The zero-order valence-electron chi connectivity index (χ0n) is 17.1. The van der Waals surface area contributed by atoms with Crippen molar-refractivity contribution in [1.29, 1.82) is 0 Å². The van der Waals surface area contributed by atoms with Crippen LogP contribution in [0.25, 0.3) is 0 Å². The monoisotopic (exact) mass is 423 g/mol. The van der Waals surface area contributed by atoms with Crippen molar-refractivity contribution in [2.75, 3.05) is 25.0 Å². The minimum absolute atomic E-state index is 0.111. The van der Waals surface area contributed by atoms with E-state index in [0.717, 1.165) is 30.3 Å². The first-order valence-corrected chi connectivity index (χ1v) is 11.4. The fourth-order valence-electron chi connectivity index (χ4n) is 5.17. The van der Waals surface area contributed by atoms with Crippen LogP contribution in [0, 0.1) is 5.92 Å². The molecule has 6 heteroatoms. The second-order valence-electron chi connectivity index (χ2n) is 8.62. The van der Waals surface area contributed by atoms with Crippen LogP contribution in [0.2, 0.25) is 0 Å². The summed E-state index contributed by atoms with van der Waals surface area (Å²) in [6, 6.07) is 19.4. The van der Waals surface area contributed by atoms with Crippen LogP contribution in [0.15, 0.2) is 54.6 Å². The van der Waals surface area contributed by atoms with E-state index in [9.17, 15) is 0 Å². The number of hydrogen-bond acceptors (Lipinski definition) is 4. The molecular formula is C24H29N3O2S. The Kier molecular flexibility index (Phi) is 5.77. The lowest BCUT2D eigenvalue weighted by Crippen LogP contribution is -2.50. The highest BCUT2D eigenvalue weighted by atomic mass is 32.1. The molecule has 2 fully saturated rings. The van der Waals surface area contributed by atoms with Crippen LogP contribution in [0.1, 0.15) is 25.7 Å². The van der Waals surface area contributed by atoms with E-state index in [0.29, 0.717) is 29.7 Å². The van der Waals surface area contributed by atoms with Gasteiger partial charge in [0.1, 0.15) is 12.7 Å². The van der Waals surface area contributed by atoms with Crippen molar-refractivity contribution in [3.63, 3.8) is 0 Å². The predicted molar refractivity (Wildman–Crippen MR) is 123 cm³/mol. The molecule has 0 amide bonds. The number of nitrogens with one attached hydrogen (secondary N) is 2. The third-order valence-corrected chi connectivity index (χ3v) is 6.79. The number of hydrogen-bond donors (Lipinski definition) is 2. The van der Waals surface area contributed by atoms with Crippen LogP contribution in [-0.4, -0.2) is 47.9 Å². The molecule has 0 aliphatic carbocycles. The van der Waals surface area contributed by atoms with Gasteiger partial charge in [-0.15, -0.1) is 0 Å². The van der Waals surface area contributed by atoms with Crippen molar-refractivity contribution in [1.82, 2.24) is 10.2 Å². The van der Waals surface area contributed by atoms with Gasteiger partial charge in [0, 0.05) is 30.9 Å². The number of rotatable bonds is 5. The van der Waals surface area contributed by atoms with Crippen molar-refractivity contribution >= 4 is 23.0 Å². The van der Waals surface area contributed by atoms with Crippen LogP contribution < -0.4 is 20.1 Å². The Balaban J connectivity index is 1.11. The molecule has 3 aliphatic heterocycles. The molecule has 5 nitrogen and oxygen atoms in total. The molecule has 2 aromatic rings. The summed E-state index contributed by atoms with van der Waals surface area (Å²) in [6.07, 6.45) is 5.14. The molecule has 0 aromatic heterocycles. The summed E-state index contributed by atoms with van der Waals surface area (Å²) in [5, 5.41) is 7.41. The number of thiocarbonyl (C=S) groups is 1. The number of fused-ring (bicyclic) bond motifs is 3. The maximum atomic E-state index is 6.22. The quantitative estimate of drug-likeness (QED) is 0.708. The van der Waals surface area contributed by atoms with Gasteiger partial charge in [-0.1, -0.05) is 30.3 Å². The Morgan fingerprint density at radius 2 is 1.67 bits per heavy atom. The van der Waals surface area contributed by atoms with Crippen LogP contribution in [0.4, 0.5) is 5.69 Å². The smallest absolute Gasteiger partial charge is 0.170 e. The molecule has 2 aromatic carbocycles. The van der Waals surface area contributed by atoms with E-state index in [2.05, 4.69) is 15.5 Å². The molecule has 3 heterocycles. The first-order chi connectivity index (χ1) is 14.7. The molecule has 30 heavy (non-hydrogen) atoms. The van der Waals surface area contributed by atoms with E-state index in [1.165, 1.54) is 25.7 Å². The van der Waals surface area contributed by atoms with Crippen LogP contribution in [0.3, 0.4) is 0 Å². The SMILES string of the molecule is S=C(NCC1CC2CCC(C1)N2CC1COc2ccccc2O1)Nc1ccccc1. The topological polar surface area (TPSA) is 45.8 Å². The average Bonchev–Trinajstić information content (AvgIpc) is 3.00. The number of benzene rings is 2. The van der Waals surface area contributed by atoms with Crippen LogP contribution in [0.5, 0.6) is 11.5 Å². The molecule has 158 valence electrons. The largest absolute Gasteiger partial charge is 0.486 e. The fourth-order valence-corrected chi connectivity index (χ4v) is 5.37. The van der Waals surface area contributed by atoms with Crippen molar-refractivity contribution in [2.24, 2.45) is 5.92 Å². The van der Waals surface area contributed by atoms with Crippen LogP contribution >= 0.6 is 12.2 Å². The Labute approximate surface area is 183 Å². The van der Waals surface area contributed by atoms with Crippen molar-refractivity contribution in [3.05, 3.63) is 54.6 Å². The van der Waals surface area contributed by atoms with E-state index >= 15 is 0 Å². The summed E-state index contributed by atoms with van der Waals surface area (Å²) in [4.78, 5) is 2.68. The summed E-state index contributed by atoms with van der Waals surface area (Å²) in [6.45, 7) is 2.53. The Morgan fingerprint density at radius 3 is 2.43 bits per heavy atom. The molecule has 0 radical (unpaired) electrons. The van der Waals surface area contributed by atoms with E-state index in [4.69, 9.17) is 21.7 Å². The molecule has 0 spiro atoms. The lowest BCUT2D eigenvalue weighted by Gasteiger charge is -2.41. The number of anilines is 1. The Hall–Kier alpha value is -2.31. The van der Waals surface area contributed by atoms with Gasteiger partial charge >= 0.3 is 0 Å². The maximum absolute atomic E-state index is 6.22. The molecular weight excluding hydrogens is 394 g/mol. The second-order valence-corrected chi connectivity index (χ2v) is 9.03. The first kappa shape index (κ1) is 19.6.